The fraction of sp³-hybridized carbons (Fsp3) is 0.400. The van der Waals surface area contributed by atoms with Gasteiger partial charge < -0.3 is 9.88 Å². The summed E-state index contributed by atoms with van der Waals surface area (Å²) in [6.45, 7) is 4.56. The number of benzene rings is 1. The Labute approximate surface area is 122 Å². The lowest BCUT2D eigenvalue weighted by molar-refractivity contribution is -0.122. The number of hydrogen-bond acceptors (Lipinski definition) is 1. The van der Waals surface area contributed by atoms with Crippen molar-refractivity contribution in [2.24, 2.45) is 0 Å². The minimum Gasteiger partial charge on any atom is -0.352 e. The van der Waals surface area contributed by atoms with Gasteiger partial charge in [-0.1, -0.05) is 35.8 Å². The first-order valence-electron chi connectivity index (χ1n) is 6.67. The third kappa shape index (κ3) is 3.38. The van der Waals surface area contributed by atoms with Gasteiger partial charge in [-0.3, -0.25) is 4.79 Å². The monoisotopic (exact) mass is 322 g/mol. The lowest BCUT2D eigenvalue weighted by atomic mass is 10.2. The van der Waals surface area contributed by atoms with Crippen molar-refractivity contribution >= 4 is 32.7 Å². The standard InChI is InChI=1S/C15H19BrN2O/c1-3-13(4-2)17-15(19)10-18-8-7-11-5-6-12(16)9-14(11)18/h5-9,13H,3-4,10H2,1-2H3,(H,17,19). The van der Waals surface area contributed by atoms with Crippen LogP contribution in [0.2, 0.25) is 0 Å². The SMILES string of the molecule is CCC(CC)NC(=O)Cn1ccc2ccc(Br)cc21. The summed E-state index contributed by atoms with van der Waals surface area (Å²) in [5, 5.41) is 4.21. The van der Waals surface area contributed by atoms with Crippen LogP contribution < -0.4 is 5.32 Å². The molecule has 102 valence electrons. The van der Waals surface area contributed by atoms with Crippen LogP contribution >= 0.6 is 15.9 Å². The Kier molecular flexibility index (Phi) is 4.64. The molecule has 0 radical (unpaired) electrons. The van der Waals surface area contributed by atoms with Gasteiger partial charge in [-0.15, -0.1) is 0 Å². The summed E-state index contributed by atoms with van der Waals surface area (Å²) in [6.07, 6.45) is 3.91. The van der Waals surface area contributed by atoms with Crippen molar-refractivity contribution in [1.29, 1.82) is 0 Å². The van der Waals surface area contributed by atoms with E-state index in [9.17, 15) is 4.79 Å². The lowest BCUT2D eigenvalue weighted by Gasteiger charge is -2.15. The molecule has 2 aromatic rings. The Morgan fingerprint density at radius 2 is 2.05 bits per heavy atom. The molecule has 1 N–H and O–H groups in total. The van der Waals surface area contributed by atoms with E-state index in [4.69, 9.17) is 0 Å². The predicted molar refractivity (Wildman–Crippen MR) is 82.2 cm³/mol. The van der Waals surface area contributed by atoms with Crippen molar-refractivity contribution in [2.75, 3.05) is 0 Å². The molecule has 0 spiro atoms. The molecule has 1 heterocycles. The topological polar surface area (TPSA) is 34.0 Å². The molecule has 4 heteroatoms. The molecule has 0 unspecified atom stereocenters. The summed E-state index contributed by atoms with van der Waals surface area (Å²) in [7, 11) is 0. The maximum absolute atomic E-state index is 12.0. The Morgan fingerprint density at radius 1 is 1.32 bits per heavy atom. The third-order valence-corrected chi connectivity index (χ3v) is 3.89. The molecule has 1 amide bonds. The Balaban J connectivity index is 2.13. The van der Waals surface area contributed by atoms with E-state index in [0.717, 1.165) is 28.2 Å². The quantitative estimate of drug-likeness (QED) is 0.894. The summed E-state index contributed by atoms with van der Waals surface area (Å²) in [5.41, 5.74) is 1.08. The molecule has 0 saturated heterocycles. The second kappa shape index (κ2) is 6.24. The minimum atomic E-state index is 0.0752. The van der Waals surface area contributed by atoms with Gasteiger partial charge in [0.1, 0.15) is 6.54 Å². The molecule has 0 atom stereocenters. The van der Waals surface area contributed by atoms with E-state index in [1.54, 1.807) is 0 Å². The van der Waals surface area contributed by atoms with Crippen molar-refractivity contribution in [3.63, 3.8) is 0 Å². The number of nitrogens with zero attached hydrogens (tertiary/aromatic N) is 1. The number of carbonyl (C=O) groups excluding carboxylic acids is 1. The van der Waals surface area contributed by atoms with Crippen molar-refractivity contribution in [3.05, 3.63) is 34.9 Å². The van der Waals surface area contributed by atoms with Gasteiger partial charge in [0.05, 0.1) is 0 Å². The summed E-state index contributed by atoms with van der Waals surface area (Å²) in [4.78, 5) is 12.0. The Bertz CT molecular complexity index is 573. The minimum absolute atomic E-state index is 0.0752. The fourth-order valence-corrected chi connectivity index (χ4v) is 2.56. The van der Waals surface area contributed by atoms with Crippen molar-refractivity contribution in [2.45, 2.75) is 39.3 Å². The normalized spacial score (nSPS) is 11.2. The highest BCUT2D eigenvalue weighted by Crippen LogP contribution is 2.20. The fourth-order valence-electron chi connectivity index (χ4n) is 2.22. The van der Waals surface area contributed by atoms with E-state index >= 15 is 0 Å². The van der Waals surface area contributed by atoms with Crippen molar-refractivity contribution < 1.29 is 4.79 Å². The number of carbonyl (C=O) groups is 1. The number of halogens is 1. The third-order valence-electron chi connectivity index (χ3n) is 3.40. The number of nitrogens with one attached hydrogen (secondary N) is 1. The number of rotatable bonds is 5. The van der Waals surface area contributed by atoms with Gasteiger partial charge in [0, 0.05) is 22.2 Å². The van der Waals surface area contributed by atoms with Crippen LogP contribution in [0, 0.1) is 0 Å². The number of aromatic nitrogens is 1. The Morgan fingerprint density at radius 3 is 2.74 bits per heavy atom. The maximum Gasteiger partial charge on any atom is 0.240 e. The molecule has 0 aliphatic rings. The molecule has 19 heavy (non-hydrogen) atoms. The van der Waals surface area contributed by atoms with Crippen molar-refractivity contribution in [1.82, 2.24) is 9.88 Å². The molecule has 1 aromatic heterocycles. The average molecular weight is 323 g/mol. The van der Waals surface area contributed by atoms with Gasteiger partial charge in [0.15, 0.2) is 0 Å². The van der Waals surface area contributed by atoms with Crippen LogP contribution in [-0.4, -0.2) is 16.5 Å². The maximum atomic E-state index is 12.0. The van der Waals surface area contributed by atoms with E-state index in [2.05, 4.69) is 41.2 Å². The molecular formula is C15H19BrN2O. The van der Waals surface area contributed by atoms with Gasteiger partial charge in [0.25, 0.3) is 0 Å². The van der Waals surface area contributed by atoms with Gasteiger partial charge >= 0.3 is 0 Å². The summed E-state index contributed by atoms with van der Waals surface area (Å²) in [5.74, 6) is 0.0752. The largest absolute Gasteiger partial charge is 0.352 e. The molecule has 1 aromatic carbocycles. The van der Waals surface area contributed by atoms with Gasteiger partial charge in [0.2, 0.25) is 5.91 Å². The highest BCUT2D eigenvalue weighted by Gasteiger charge is 2.10. The van der Waals surface area contributed by atoms with E-state index in [1.807, 2.05) is 29.0 Å². The van der Waals surface area contributed by atoms with Crippen LogP contribution in [0.3, 0.4) is 0 Å². The predicted octanol–water partition coefficient (Wildman–Crippen LogP) is 3.71. The first kappa shape index (κ1) is 14.1. The molecule has 0 bridgehead atoms. The van der Waals surface area contributed by atoms with Crippen LogP contribution in [0.1, 0.15) is 26.7 Å². The second-order valence-electron chi connectivity index (χ2n) is 4.73. The average Bonchev–Trinajstić information content (AvgIpc) is 2.78. The molecule has 0 aliphatic carbocycles. The molecular weight excluding hydrogens is 304 g/mol. The van der Waals surface area contributed by atoms with Crippen LogP contribution in [0.5, 0.6) is 0 Å². The van der Waals surface area contributed by atoms with E-state index in [1.165, 1.54) is 0 Å². The van der Waals surface area contributed by atoms with Crippen LogP contribution in [0.15, 0.2) is 34.9 Å². The molecule has 0 saturated carbocycles. The number of hydrogen-bond donors (Lipinski definition) is 1. The number of amides is 1. The number of fused-ring (bicyclic) bond motifs is 1. The van der Waals surface area contributed by atoms with Gasteiger partial charge in [-0.05, 0) is 36.4 Å². The zero-order chi connectivity index (χ0) is 13.8. The summed E-state index contributed by atoms with van der Waals surface area (Å²) in [6, 6.07) is 8.42. The molecule has 2 rings (SSSR count). The van der Waals surface area contributed by atoms with Crippen LogP contribution in [0.4, 0.5) is 0 Å². The van der Waals surface area contributed by atoms with E-state index in [0.29, 0.717) is 6.54 Å². The zero-order valence-electron chi connectivity index (χ0n) is 11.3. The van der Waals surface area contributed by atoms with Gasteiger partial charge in [-0.2, -0.15) is 0 Å². The molecule has 0 fully saturated rings. The summed E-state index contributed by atoms with van der Waals surface area (Å²) < 4.78 is 3.01. The lowest BCUT2D eigenvalue weighted by Crippen LogP contribution is -2.36. The van der Waals surface area contributed by atoms with Crippen LogP contribution in [0.25, 0.3) is 10.9 Å². The smallest absolute Gasteiger partial charge is 0.240 e. The first-order valence-corrected chi connectivity index (χ1v) is 7.47. The van der Waals surface area contributed by atoms with Crippen molar-refractivity contribution in [3.8, 4) is 0 Å². The first-order chi connectivity index (χ1) is 9.13. The second-order valence-corrected chi connectivity index (χ2v) is 5.64. The molecule has 0 aliphatic heterocycles. The highest BCUT2D eigenvalue weighted by atomic mass is 79.9. The van der Waals surface area contributed by atoms with Crippen LogP contribution in [-0.2, 0) is 11.3 Å². The van der Waals surface area contributed by atoms with Gasteiger partial charge in [-0.25, -0.2) is 0 Å². The summed E-state index contributed by atoms with van der Waals surface area (Å²) >= 11 is 3.47. The Hall–Kier alpha value is -1.29. The van der Waals surface area contributed by atoms with E-state index < -0.39 is 0 Å². The molecule has 3 nitrogen and oxygen atoms in total. The van der Waals surface area contributed by atoms with E-state index in [-0.39, 0.29) is 11.9 Å². The zero-order valence-corrected chi connectivity index (χ0v) is 12.9. The highest BCUT2D eigenvalue weighted by molar-refractivity contribution is 9.10.